The van der Waals surface area contributed by atoms with Crippen LogP contribution in [0.1, 0.15) is 32.8 Å². The van der Waals surface area contributed by atoms with Crippen LogP contribution in [0.15, 0.2) is 24.3 Å². The predicted octanol–water partition coefficient (Wildman–Crippen LogP) is 1.49. The largest absolute Gasteiger partial charge is 0.480 e. The summed E-state index contributed by atoms with van der Waals surface area (Å²) in [6.07, 6.45) is 0.194. The van der Waals surface area contributed by atoms with Crippen molar-refractivity contribution in [2.24, 2.45) is 5.92 Å². The van der Waals surface area contributed by atoms with Gasteiger partial charge in [0.2, 0.25) is 11.8 Å². The molecular formula is C17H23FN2O4. The third-order valence-corrected chi connectivity index (χ3v) is 3.40. The highest BCUT2D eigenvalue weighted by molar-refractivity contribution is 5.90. The topological polar surface area (TPSA) is 95.5 Å². The van der Waals surface area contributed by atoms with Gasteiger partial charge in [-0.2, -0.15) is 0 Å². The Morgan fingerprint density at radius 1 is 1.12 bits per heavy atom. The number of benzene rings is 1. The minimum Gasteiger partial charge on any atom is -0.480 e. The third kappa shape index (κ3) is 6.36. The van der Waals surface area contributed by atoms with Gasteiger partial charge in [0.15, 0.2) is 0 Å². The second-order valence-corrected chi connectivity index (χ2v) is 6.08. The van der Waals surface area contributed by atoms with E-state index in [0.29, 0.717) is 0 Å². The van der Waals surface area contributed by atoms with Gasteiger partial charge in [-0.1, -0.05) is 32.0 Å². The first-order chi connectivity index (χ1) is 11.2. The molecule has 0 aliphatic carbocycles. The fraction of sp³-hybridized carbons (Fsp3) is 0.471. The minimum atomic E-state index is -1.15. The summed E-state index contributed by atoms with van der Waals surface area (Å²) in [6, 6.07) is 3.81. The lowest BCUT2D eigenvalue weighted by molar-refractivity contribution is -0.142. The van der Waals surface area contributed by atoms with E-state index in [-0.39, 0.29) is 24.3 Å². The first kappa shape index (κ1) is 19.6. The molecule has 0 fully saturated rings. The molecule has 24 heavy (non-hydrogen) atoms. The van der Waals surface area contributed by atoms with Gasteiger partial charge in [-0.3, -0.25) is 9.59 Å². The van der Waals surface area contributed by atoms with Crippen LogP contribution in [0.3, 0.4) is 0 Å². The molecular weight excluding hydrogens is 315 g/mol. The van der Waals surface area contributed by atoms with Gasteiger partial charge in [0.25, 0.3) is 0 Å². The van der Waals surface area contributed by atoms with Crippen LogP contribution in [0.4, 0.5) is 4.39 Å². The monoisotopic (exact) mass is 338 g/mol. The highest BCUT2D eigenvalue weighted by Gasteiger charge is 2.27. The molecule has 0 aliphatic rings. The Kier molecular flexibility index (Phi) is 7.35. The molecule has 0 aromatic heterocycles. The Balaban J connectivity index is 2.90. The molecule has 0 bridgehead atoms. The molecule has 1 aromatic rings. The van der Waals surface area contributed by atoms with Crippen LogP contribution in [0.5, 0.6) is 0 Å². The van der Waals surface area contributed by atoms with Gasteiger partial charge in [-0.05, 0) is 24.0 Å². The minimum absolute atomic E-state index is 0.0634. The zero-order valence-corrected chi connectivity index (χ0v) is 14.0. The van der Waals surface area contributed by atoms with E-state index in [0.717, 1.165) is 0 Å². The van der Waals surface area contributed by atoms with Gasteiger partial charge in [0, 0.05) is 13.3 Å². The number of carboxylic acid groups (broad SMARTS) is 1. The van der Waals surface area contributed by atoms with Crippen LogP contribution >= 0.6 is 0 Å². The lowest BCUT2D eigenvalue weighted by Crippen LogP contribution is -2.52. The van der Waals surface area contributed by atoms with Crippen LogP contribution < -0.4 is 10.6 Å². The summed E-state index contributed by atoms with van der Waals surface area (Å²) >= 11 is 0. The van der Waals surface area contributed by atoms with E-state index < -0.39 is 35.7 Å². The lowest BCUT2D eigenvalue weighted by atomic mass is 10.0. The number of halogens is 1. The van der Waals surface area contributed by atoms with E-state index in [2.05, 4.69) is 10.6 Å². The van der Waals surface area contributed by atoms with Gasteiger partial charge < -0.3 is 15.7 Å². The molecule has 0 radical (unpaired) electrons. The number of amides is 2. The third-order valence-electron chi connectivity index (χ3n) is 3.40. The summed E-state index contributed by atoms with van der Waals surface area (Å²) in [5.74, 6) is -2.68. The summed E-state index contributed by atoms with van der Waals surface area (Å²) in [4.78, 5) is 35.0. The molecule has 0 saturated carbocycles. The van der Waals surface area contributed by atoms with Gasteiger partial charge >= 0.3 is 5.97 Å². The standard InChI is InChI=1S/C17H23FN2O4/c1-10(2)8-15(17(23)24)20-16(22)14(19-11(3)21)9-12-6-4-5-7-13(12)18/h4-7,10,14-15H,8-9H2,1-3H3,(H,19,21)(H,20,22)(H,23,24)/t14-,15+/m1/s1. The number of carboxylic acids is 1. The molecule has 6 nitrogen and oxygen atoms in total. The molecule has 7 heteroatoms. The molecule has 3 N–H and O–H groups in total. The molecule has 1 rings (SSSR count). The molecule has 2 amide bonds. The fourth-order valence-electron chi connectivity index (χ4n) is 2.30. The Morgan fingerprint density at radius 3 is 2.25 bits per heavy atom. The Labute approximate surface area is 140 Å². The number of aliphatic carboxylic acids is 1. The molecule has 2 atom stereocenters. The van der Waals surface area contributed by atoms with Crippen LogP contribution in [0.2, 0.25) is 0 Å². The fourth-order valence-corrected chi connectivity index (χ4v) is 2.30. The molecule has 0 saturated heterocycles. The smallest absolute Gasteiger partial charge is 0.326 e. The average molecular weight is 338 g/mol. The van der Waals surface area contributed by atoms with Crippen molar-refractivity contribution in [3.8, 4) is 0 Å². The molecule has 0 heterocycles. The summed E-state index contributed by atoms with van der Waals surface area (Å²) in [6.45, 7) is 4.92. The summed E-state index contributed by atoms with van der Waals surface area (Å²) < 4.78 is 13.8. The maximum absolute atomic E-state index is 13.8. The van der Waals surface area contributed by atoms with Crippen molar-refractivity contribution in [1.29, 1.82) is 0 Å². The summed E-state index contributed by atoms with van der Waals surface area (Å²) in [5, 5.41) is 14.1. The number of carbonyl (C=O) groups is 3. The highest BCUT2D eigenvalue weighted by atomic mass is 19.1. The van der Waals surface area contributed by atoms with Crippen LogP contribution in [0, 0.1) is 11.7 Å². The van der Waals surface area contributed by atoms with Crippen molar-refractivity contribution in [3.05, 3.63) is 35.6 Å². The van der Waals surface area contributed by atoms with Gasteiger partial charge in [0.05, 0.1) is 0 Å². The second-order valence-electron chi connectivity index (χ2n) is 6.08. The number of hydrogen-bond acceptors (Lipinski definition) is 3. The number of hydrogen-bond donors (Lipinski definition) is 3. The number of nitrogens with one attached hydrogen (secondary N) is 2. The molecule has 0 spiro atoms. The molecule has 0 unspecified atom stereocenters. The van der Waals surface area contributed by atoms with Crippen molar-refractivity contribution in [2.75, 3.05) is 0 Å². The van der Waals surface area contributed by atoms with Crippen molar-refractivity contribution in [1.82, 2.24) is 10.6 Å². The van der Waals surface area contributed by atoms with Gasteiger partial charge in [-0.25, -0.2) is 9.18 Å². The Hall–Kier alpha value is -2.44. The summed E-state index contributed by atoms with van der Waals surface area (Å²) in [5.41, 5.74) is 0.266. The quantitative estimate of drug-likeness (QED) is 0.669. The van der Waals surface area contributed by atoms with E-state index in [1.54, 1.807) is 6.07 Å². The first-order valence-corrected chi connectivity index (χ1v) is 7.74. The summed E-state index contributed by atoms with van der Waals surface area (Å²) in [7, 11) is 0. The SMILES string of the molecule is CC(=O)N[C@H](Cc1ccccc1F)C(=O)N[C@@H](CC(C)C)C(=O)O. The maximum Gasteiger partial charge on any atom is 0.326 e. The van der Waals surface area contributed by atoms with Gasteiger partial charge in [-0.15, -0.1) is 0 Å². The maximum atomic E-state index is 13.8. The van der Waals surface area contributed by atoms with E-state index in [4.69, 9.17) is 0 Å². The van der Waals surface area contributed by atoms with Crippen molar-refractivity contribution < 1.29 is 23.9 Å². The van der Waals surface area contributed by atoms with Crippen LogP contribution in [-0.4, -0.2) is 35.0 Å². The van der Waals surface area contributed by atoms with Crippen LogP contribution in [-0.2, 0) is 20.8 Å². The van der Waals surface area contributed by atoms with Crippen molar-refractivity contribution in [2.45, 2.75) is 45.7 Å². The predicted molar refractivity (Wildman–Crippen MR) is 86.7 cm³/mol. The molecule has 0 aliphatic heterocycles. The number of rotatable bonds is 8. The Bertz CT molecular complexity index is 604. The van der Waals surface area contributed by atoms with Crippen molar-refractivity contribution in [3.63, 3.8) is 0 Å². The molecule has 132 valence electrons. The zero-order chi connectivity index (χ0) is 18.3. The van der Waals surface area contributed by atoms with E-state index in [1.807, 2.05) is 13.8 Å². The second kappa shape index (κ2) is 9.00. The Morgan fingerprint density at radius 2 is 1.75 bits per heavy atom. The number of carbonyl (C=O) groups excluding carboxylic acids is 2. The lowest BCUT2D eigenvalue weighted by Gasteiger charge is -2.22. The highest BCUT2D eigenvalue weighted by Crippen LogP contribution is 2.11. The normalized spacial score (nSPS) is 13.2. The van der Waals surface area contributed by atoms with Crippen LogP contribution in [0.25, 0.3) is 0 Å². The van der Waals surface area contributed by atoms with Crippen molar-refractivity contribution >= 4 is 17.8 Å². The average Bonchev–Trinajstić information content (AvgIpc) is 2.47. The zero-order valence-electron chi connectivity index (χ0n) is 14.0. The van der Waals surface area contributed by atoms with Gasteiger partial charge in [0.1, 0.15) is 17.9 Å². The van der Waals surface area contributed by atoms with E-state index in [9.17, 15) is 23.9 Å². The van der Waals surface area contributed by atoms with E-state index in [1.165, 1.54) is 25.1 Å². The van der Waals surface area contributed by atoms with E-state index >= 15 is 0 Å². The first-order valence-electron chi connectivity index (χ1n) is 7.74. The molecule has 1 aromatic carbocycles.